The minimum atomic E-state index is -1.68. The molecule has 3 aliphatic heterocycles. The van der Waals surface area contributed by atoms with E-state index in [-0.39, 0.29) is 31.1 Å². The van der Waals surface area contributed by atoms with E-state index in [2.05, 4.69) is 4.90 Å². The van der Waals surface area contributed by atoms with E-state index in [0.29, 0.717) is 0 Å². The fraction of sp³-hybridized carbons (Fsp3) is 0.733. The summed E-state index contributed by atoms with van der Waals surface area (Å²) in [5, 5.41) is 10.3. The van der Waals surface area contributed by atoms with Gasteiger partial charge < -0.3 is 14.6 Å². The molecule has 6 heteroatoms. The maximum absolute atomic E-state index is 12.1. The Morgan fingerprint density at radius 1 is 1.43 bits per heavy atom. The Labute approximate surface area is 123 Å². The van der Waals surface area contributed by atoms with Crippen molar-refractivity contribution in [2.75, 3.05) is 19.7 Å². The van der Waals surface area contributed by atoms with Gasteiger partial charge >= 0.3 is 11.9 Å². The van der Waals surface area contributed by atoms with E-state index in [1.807, 2.05) is 6.08 Å². The number of nitrogens with zero attached hydrogens (tertiary/aromatic N) is 1. The van der Waals surface area contributed by atoms with Gasteiger partial charge in [0, 0.05) is 19.0 Å². The molecule has 3 heterocycles. The normalized spacial score (nSPS) is 40.9. The third-order valence-corrected chi connectivity index (χ3v) is 4.91. The minimum Gasteiger partial charge on any atom is -0.460 e. The molecule has 0 aliphatic carbocycles. The molecular weight excluding hydrogens is 274 g/mol. The molecule has 0 saturated carbocycles. The van der Waals surface area contributed by atoms with Crippen LogP contribution in [0.4, 0.5) is 0 Å². The van der Waals surface area contributed by atoms with Crippen molar-refractivity contribution in [2.24, 2.45) is 5.92 Å². The molecule has 116 valence electrons. The van der Waals surface area contributed by atoms with E-state index in [1.54, 1.807) is 6.92 Å². The molecule has 3 aliphatic rings. The number of aliphatic hydroxyl groups is 1. The summed E-state index contributed by atoms with van der Waals surface area (Å²) in [5.74, 6) is -1.60. The number of carbonyl (C=O) groups excluding carboxylic acids is 2. The van der Waals surface area contributed by atoms with Crippen molar-refractivity contribution in [3.8, 4) is 0 Å². The van der Waals surface area contributed by atoms with Crippen molar-refractivity contribution in [2.45, 2.75) is 44.4 Å². The van der Waals surface area contributed by atoms with Crippen LogP contribution in [0.3, 0.4) is 0 Å². The average Bonchev–Trinajstić information content (AvgIpc) is 2.98. The number of hydrogen-bond acceptors (Lipinski definition) is 6. The van der Waals surface area contributed by atoms with Crippen molar-refractivity contribution in [3.05, 3.63) is 11.6 Å². The Balaban J connectivity index is 1.86. The van der Waals surface area contributed by atoms with Gasteiger partial charge in [-0.05, 0) is 18.9 Å². The lowest BCUT2D eigenvalue weighted by Gasteiger charge is -2.27. The van der Waals surface area contributed by atoms with Gasteiger partial charge in [-0.15, -0.1) is 0 Å². The zero-order valence-corrected chi connectivity index (χ0v) is 12.4. The standard InChI is InChI=1S/C15H21NO5/c1-9-7-12(17)21-11-4-6-16-5-3-10(13(11)16)8-20-14(18)15(9,2)19/h3,9,11,13,19H,4-8H2,1-2H3/t9-,11+,13+,15+/m0/s1. The van der Waals surface area contributed by atoms with E-state index < -0.39 is 17.5 Å². The molecular formula is C15H21NO5. The van der Waals surface area contributed by atoms with Crippen LogP contribution in [-0.4, -0.2) is 59.4 Å². The lowest BCUT2D eigenvalue weighted by Crippen LogP contribution is -2.44. The highest BCUT2D eigenvalue weighted by atomic mass is 16.6. The van der Waals surface area contributed by atoms with E-state index in [1.165, 1.54) is 6.92 Å². The number of rotatable bonds is 0. The second-order valence-corrected chi connectivity index (χ2v) is 6.36. The Morgan fingerprint density at radius 3 is 2.95 bits per heavy atom. The van der Waals surface area contributed by atoms with Gasteiger partial charge in [0.05, 0.1) is 12.5 Å². The predicted molar refractivity (Wildman–Crippen MR) is 73.3 cm³/mol. The molecule has 3 rings (SSSR count). The van der Waals surface area contributed by atoms with Crippen LogP contribution in [0.25, 0.3) is 0 Å². The highest BCUT2D eigenvalue weighted by Crippen LogP contribution is 2.33. The molecule has 0 spiro atoms. The minimum absolute atomic E-state index is 0.00433. The summed E-state index contributed by atoms with van der Waals surface area (Å²) < 4.78 is 10.9. The van der Waals surface area contributed by atoms with Gasteiger partial charge in [0.15, 0.2) is 5.60 Å². The van der Waals surface area contributed by atoms with Gasteiger partial charge in [0.25, 0.3) is 0 Å². The predicted octanol–water partition coefficient (Wildman–Crippen LogP) is 0.246. The van der Waals surface area contributed by atoms with Gasteiger partial charge in [-0.25, -0.2) is 4.79 Å². The Bertz CT molecular complexity index is 498. The highest BCUT2D eigenvalue weighted by molar-refractivity contribution is 5.81. The van der Waals surface area contributed by atoms with Crippen molar-refractivity contribution in [1.29, 1.82) is 0 Å². The van der Waals surface area contributed by atoms with Crippen molar-refractivity contribution in [1.82, 2.24) is 4.90 Å². The topological polar surface area (TPSA) is 76.1 Å². The lowest BCUT2D eigenvalue weighted by molar-refractivity contribution is -0.169. The van der Waals surface area contributed by atoms with E-state index in [9.17, 15) is 14.7 Å². The molecule has 2 saturated heterocycles. The van der Waals surface area contributed by atoms with Gasteiger partial charge in [0.2, 0.25) is 0 Å². The van der Waals surface area contributed by atoms with Gasteiger partial charge in [0.1, 0.15) is 12.7 Å². The van der Waals surface area contributed by atoms with Crippen LogP contribution in [0.5, 0.6) is 0 Å². The summed E-state index contributed by atoms with van der Waals surface area (Å²) in [6, 6.07) is 0.0140. The number of carbonyl (C=O) groups is 2. The molecule has 0 aromatic heterocycles. The Morgan fingerprint density at radius 2 is 2.19 bits per heavy atom. The largest absolute Gasteiger partial charge is 0.460 e. The Kier molecular flexibility index (Phi) is 3.53. The molecule has 4 atom stereocenters. The van der Waals surface area contributed by atoms with Crippen LogP contribution >= 0.6 is 0 Å². The SMILES string of the molecule is C[C@H]1CC(=O)O[C@@H]2CCN3CC=C(COC(=O)[C@]1(C)O)[C@H]23. The Hall–Kier alpha value is -1.40. The quantitative estimate of drug-likeness (QED) is 0.510. The first kappa shape index (κ1) is 14.5. The van der Waals surface area contributed by atoms with Crippen LogP contribution in [0, 0.1) is 5.92 Å². The zero-order chi connectivity index (χ0) is 15.2. The van der Waals surface area contributed by atoms with Gasteiger partial charge in [-0.2, -0.15) is 0 Å². The van der Waals surface area contributed by atoms with Crippen molar-refractivity contribution in [3.63, 3.8) is 0 Å². The molecule has 0 aromatic carbocycles. The molecule has 21 heavy (non-hydrogen) atoms. The number of ether oxygens (including phenoxy) is 2. The molecule has 0 radical (unpaired) electrons. The second-order valence-electron chi connectivity index (χ2n) is 6.36. The summed E-state index contributed by atoms with van der Waals surface area (Å²) in [5.41, 5.74) is -0.721. The second kappa shape index (κ2) is 5.10. The van der Waals surface area contributed by atoms with E-state index in [0.717, 1.165) is 25.1 Å². The van der Waals surface area contributed by atoms with Crippen molar-refractivity contribution < 1.29 is 24.2 Å². The van der Waals surface area contributed by atoms with Crippen LogP contribution < -0.4 is 0 Å². The fourth-order valence-electron chi connectivity index (χ4n) is 3.29. The summed E-state index contributed by atoms with van der Waals surface area (Å²) in [4.78, 5) is 26.4. The first-order valence-corrected chi connectivity index (χ1v) is 7.41. The van der Waals surface area contributed by atoms with E-state index in [4.69, 9.17) is 9.47 Å². The first-order chi connectivity index (χ1) is 9.89. The zero-order valence-electron chi connectivity index (χ0n) is 12.4. The van der Waals surface area contributed by atoms with Crippen LogP contribution in [0.15, 0.2) is 11.6 Å². The average molecular weight is 295 g/mol. The lowest BCUT2D eigenvalue weighted by atomic mass is 9.88. The first-order valence-electron chi connectivity index (χ1n) is 7.41. The van der Waals surface area contributed by atoms with Gasteiger partial charge in [-0.3, -0.25) is 9.69 Å². The number of cyclic esters (lactones) is 1. The number of hydrogen-bond donors (Lipinski definition) is 1. The smallest absolute Gasteiger partial charge is 0.338 e. The van der Waals surface area contributed by atoms with Crippen LogP contribution in [0.2, 0.25) is 0 Å². The van der Waals surface area contributed by atoms with E-state index >= 15 is 0 Å². The van der Waals surface area contributed by atoms with Crippen LogP contribution in [0.1, 0.15) is 26.7 Å². The fourth-order valence-corrected chi connectivity index (χ4v) is 3.29. The summed E-state index contributed by atoms with van der Waals surface area (Å²) >= 11 is 0. The summed E-state index contributed by atoms with van der Waals surface area (Å²) in [7, 11) is 0. The molecule has 0 amide bonds. The maximum Gasteiger partial charge on any atom is 0.338 e. The third kappa shape index (κ3) is 2.46. The molecule has 2 fully saturated rings. The number of esters is 2. The maximum atomic E-state index is 12.1. The molecule has 0 bridgehead atoms. The summed E-state index contributed by atoms with van der Waals surface area (Å²) in [6.45, 7) is 4.86. The monoisotopic (exact) mass is 295 g/mol. The van der Waals surface area contributed by atoms with Crippen LogP contribution in [-0.2, 0) is 19.1 Å². The molecule has 1 N–H and O–H groups in total. The van der Waals surface area contributed by atoms with Crippen molar-refractivity contribution >= 4 is 11.9 Å². The third-order valence-electron chi connectivity index (χ3n) is 4.91. The molecule has 6 nitrogen and oxygen atoms in total. The molecule has 0 unspecified atom stereocenters. The molecule has 0 aromatic rings. The van der Waals surface area contributed by atoms with Gasteiger partial charge in [-0.1, -0.05) is 13.0 Å². The summed E-state index contributed by atoms with van der Waals surface area (Å²) in [6.07, 6.45) is 2.64. The highest BCUT2D eigenvalue weighted by Gasteiger charge is 2.45.